The Morgan fingerprint density at radius 3 is 2.36 bits per heavy atom. The van der Waals surface area contributed by atoms with Crippen molar-refractivity contribution in [2.24, 2.45) is 0 Å². The van der Waals surface area contributed by atoms with E-state index in [4.69, 9.17) is 39.4 Å². The second-order valence-electron chi connectivity index (χ2n) is 2.34. The standard InChI is InChI=1S/C7H5Cl3O3S/c8-5-2-7(10)6(9)1-4(5)3-13-14(11)12/h1-2H,3H2,(H,11,12). The minimum absolute atomic E-state index is 0.0984. The molecule has 3 nitrogen and oxygen atoms in total. The van der Waals surface area contributed by atoms with Crippen molar-refractivity contribution in [1.82, 2.24) is 0 Å². The zero-order valence-electron chi connectivity index (χ0n) is 6.67. The van der Waals surface area contributed by atoms with Gasteiger partial charge in [0.05, 0.1) is 16.7 Å². The molecule has 14 heavy (non-hydrogen) atoms. The Hall–Kier alpha value is 0.160. The summed E-state index contributed by atoms with van der Waals surface area (Å²) in [6.07, 6.45) is 0. The highest BCUT2D eigenvalue weighted by Crippen LogP contribution is 2.29. The lowest BCUT2D eigenvalue weighted by Crippen LogP contribution is -1.96. The second kappa shape index (κ2) is 5.30. The maximum Gasteiger partial charge on any atom is 0.302 e. The lowest BCUT2D eigenvalue weighted by Gasteiger charge is -2.04. The van der Waals surface area contributed by atoms with Crippen molar-refractivity contribution in [2.45, 2.75) is 6.61 Å². The zero-order chi connectivity index (χ0) is 10.7. The summed E-state index contributed by atoms with van der Waals surface area (Å²) in [6, 6.07) is 2.93. The van der Waals surface area contributed by atoms with Crippen LogP contribution in [0, 0.1) is 0 Å². The van der Waals surface area contributed by atoms with Crippen LogP contribution in [0.4, 0.5) is 0 Å². The van der Waals surface area contributed by atoms with Crippen LogP contribution >= 0.6 is 34.8 Å². The Bertz CT molecular complexity index is 369. The molecule has 0 radical (unpaired) electrons. The molecule has 0 spiro atoms. The van der Waals surface area contributed by atoms with E-state index in [1.165, 1.54) is 12.1 Å². The summed E-state index contributed by atoms with van der Waals surface area (Å²) in [6.45, 7) is -0.0984. The number of halogens is 3. The highest BCUT2D eigenvalue weighted by Gasteiger charge is 2.07. The molecule has 1 aromatic rings. The van der Waals surface area contributed by atoms with Gasteiger partial charge >= 0.3 is 11.4 Å². The van der Waals surface area contributed by atoms with Gasteiger partial charge in [-0.05, 0) is 17.7 Å². The van der Waals surface area contributed by atoms with Gasteiger partial charge in [0.1, 0.15) is 0 Å². The maximum absolute atomic E-state index is 10.2. The highest BCUT2D eigenvalue weighted by atomic mass is 35.5. The van der Waals surface area contributed by atoms with Crippen molar-refractivity contribution in [3.05, 3.63) is 32.8 Å². The molecule has 0 heterocycles. The SMILES string of the molecule is O=S(O)OCc1cc(Cl)c(Cl)cc1Cl. The van der Waals surface area contributed by atoms with Crippen LogP contribution in [-0.2, 0) is 22.2 Å². The molecule has 0 fully saturated rings. The van der Waals surface area contributed by atoms with Crippen molar-refractivity contribution < 1.29 is 12.9 Å². The van der Waals surface area contributed by atoms with E-state index in [-0.39, 0.29) is 6.61 Å². The predicted octanol–water partition coefficient (Wildman–Crippen LogP) is 3.30. The molecule has 0 amide bonds. The summed E-state index contributed by atoms with van der Waals surface area (Å²) in [5, 5.41) is 0.980. The molecule has 0 saturated carbocycles. The molecule has 1 aromatic carbocycles. The molecule has 1 N–H and O–H groups in total. The first-order valence-electron chi connectivity index (χ1n) is 3.38. The Kier molecular flexibility index (Phi) is 4.63. The third-order valence-corrected chi connectivity index (χ3v) is 2.80. The van der Waals surface area contributed by atoms with Gasteiger partial charge in [-0.2, -0.15) is 4.21 Å². The molecule has 1 atom stereocenters. The molecule has 7 heteroatoms. The minimum Gasteiger partial charge on any atom is -0.284 e. The van der Waals surface area contributed by atoms with Gasteiger partial charge in [-0.15, -0.1) is 0 Å². The molecule has 0 aliphatic rings. The summed E-state index contributed by atoms with van der Waals surface area (Å²) in [5.41, 5.74) is 0.503. The summed E-state index contributed by atoms with van der Waals surface area (Å²) in [4.78, 5) is 0. The van der Waals surface area contributed by atoms with E-state index in [1.54, 1.807) is 0 Å². The van der Waals surface area contributed by atoms with Crippen LogP contribution in [0.25, 0.3) is 0 Å². The van der Waals surface area contributed by atoms with E-state index in [1.807, 2.05) is 0 Å². The van der Waals surface area contributed by atoms with Crippen molar-refractivity contribution in [1.29, 1.82) is 0 Å². The first-order valence-corrected chi connectivity index (χ1v) is 5.55. The molecule has 0 aromatic heterocycles. The third kappa shape index (κ3) is 3.38. The largest absolute Gasteiger partial charge is 0.302 e. The second-order valence-corrected chi connectivity index (χ2v) is 4.23. The van der Waals surface area contributed by atoms with E-state index in [2.05, 4.69) is 4.18 Å². The van der Waals surface area contributed by atoms with E-state index >= 15 is 0 Å². The van der Waals surface area contributed by atoms with Gasteiger partial charge in [0.15, 0.2) is 0 Å². The molecule has 0 bridgehead atoms. The molecule has 1 unspecified atom stereocenters. The Balaban J connectivity index is 2.87. The van der Waals surface area contributed by atoms with Crippen molar-refractivity contribution in [3.8, 4) is 0 Å². The van der Waals surface area contributed by atoms with Gasteiger partial charge < -0.3 is 0 Å². The summed E-state index contributed by atoms with van der Waals surface area (Å²) < 4.78 is 23.0. The van der Waals surface area contributed by atoms with Gasteiger partial charge in [0, 0.05) is 5.02 Å². The quantitative estimate of drug-likeness (QED) is 0.680. The summed E-state index contributed by atoms with van der Waals surface area (Å²) in [7, 11) is 0. The molecule has 0 saturated heterocycles. The Morgan fingerprint density at radius 2 is 1.79 bits per heavy atom. The summed E-state index contributed by atoms with van der Waals surface area (Å²) >= 11 is 14.9. The van der Waals surface area contributed by atoms with Crippen molar-refractivity contribution >= 4 is 46.2 Å². The Labute approximate surface area is 98.4 Å². The van der Waals surface area contributed by atoms with Gasteiger partial charge in [-0.25, -0.2) is 0 Å². The normalized spacial score (nSPS) is 12.9. The fourth-order valence-corrected chi connectivity index (χ4v) is 1.64. The van der Waals surface area contributed by atoms with Crippen molar-refractivity contribution in [3.63, 3.8) is 0 Å². The van der Waals surface area contributed by atoms with Crippen LogP contribution in [0.5, 0.6) is 0 Å². The van der Waals surface area contributed by atoms with Gasteiger partial charge in [0.2, 0.25) is 0 Å². The average molecular weight is 276 g/mol. The maximum atomic E-state index is 10.2. The zero-order valence-corrected chi connectivity index (χ0v) is 9.75. The third-order valence-electron chi connectivity index (χ3n) is 1.40. The smallest absolute Gasteiger partial charge is 0.284 e. The highest BCUT2D eigenvalue weighted by molar-refractivity contribution is 7.74. The van der Waals surface area contributed by atoms with Crippen LogP contribution in [0.3, 0.4) is 0 Å². The van der Waals surface area contributed by atoms with Gasteiger partial charge in [0.25, 0.3) is 0 Å². The molecule has 78 valence electrons. The molecular formula is C7H5Cl3O3S. The Morgan fingerprint density at radius 1 is 1.21 bits per heavy atom. The lowest BCUT2D eigenvalue weighted by molar-refractivity contribution is 0.297. The van der Waals surface area contributed by atoms with Gasteiger partial charge in [-0.1, -0.05) is 34.8 Å². The van der Waals surface area contributed by atoms with Gasteiger partial charge in [-0.3, -0.25) is 8.74 Å². The first-order chi connectivity index (χ1) is 6.50. The average Bonchev–Trinajstić information content (AvgIpc) is 2.09. The van der Waals surface area contributed by atoms with Crippen molar-refractivity contribution in [2.75, 3.05) is 0 Å². The number of rotatable bonds is 3. The van der Waals surface area contributed by atoms with E-state index < -0.39 is 11.4 Å². The van der Waals surface area contributed by atoms with Crippen LogP contribution in [0.15, 0.2) is 12.1 Å². The molecular weight excluding hydrogens is 270 g/mol. The van der Waals surface area contributed by atoms with E-state index in [0.29, 0.717) is 20.6 Å². The first kappa shape index (κ1) is 12.2. The number of benzene rings is 1. The predicted molar refractivity (Wildman–Crippen MR) is 57.0 cm³/mol. The monoisotopic (exact) mass is 274 g/mol. The number of hydrogen-bond acceptors (Lipinski definition) is 2. The topological polar surface area (TPSA) is 46.5 Å². The van der Waals surface area contributed by atoms with E-state index in [0.717, 1.165) is 0 Å². The molecule has 0 aliphatic carbocycles. The lowest BCUT2D eigenvalue weighted by atomic mass is 10.2. The van der Waals surface area contributed by atoms with E-state index in [9.17, 15) is 4.21 Å². The van der Waals surface area contributed by atoms with Crippen LogP contribution in [-0.4, -0.2) is 8.76 Å². The fourth-order valence-electron chi connectivity index (χ4n) is 0.788. The summed E-state index contributed by atoms with van der Waals surface area (Å²) in [5.74, 6) is 0. The molecule has 1 rings (SSSR count). The molecule has 0 aliphatic heterocycles. The van der Waals surface area contributed by atoms with Crippen LogP contribution in [0.2, 0.25) is 15.1 Å². The van der Waals surface area contributed by atoms with Crippen LogP contribution in [0.1, 0.15) is 5.56 Å². The minimum atomic E-state index is -2.32. The fraction of sp³-hybridized carbons (Fsp3) is 0.143. The van der Waals surface area contributed by atoms with Crippen LogP contribution < -0.4 is 0 Å². The number of hydrogen-bond donors (Lipinski definition) is 1.